The van der Waals surface area contributed by atoms with Gasteiger partial charge < -0.3 is 9.47 Å². The lowest BCUT2D eigenvalue weighted by Crippen LogP contribution is -1.94. The third-order valence-electron chi connectivity index (χ3n) is 2.87. The highest BCUT2D eigenvalue weighted by Gasteiger charge is 2.10. The fourth-order valence-corrected chi connectivity index (χ4v) is 2.21. The van der Waals surface area contributed by atoms with Gasteiger partial charge in [0.2, 0.25) is 0 Å². The summed E-state index contributed by atoms with van der Waals surface area (Å²) in [4.78, 5) is 4.42. The molecule has 0 saturated carbocycles. The van der Waals surface area contributed by atoms with Crippen molar-refractivity contribution in [1.29, 1.82) is 0 Å². The first-order chi connectivity index (χ1) is 8.69. The number of halogens is 1. The Morgan fingerprint density at radius 2 is 1.94 bits per heavy atom. The number of pyridine rings is 1. The third kappa shape index (κ3) is 2.36. The monoisotopic (exact) mass is 265 g/mol. The van der Waals surface area contributed by atoms with Crippen molar-refractivity contribution >= 4 is 22.5 Å². The van der Waals surface area contributed by atoms with Gasteiger partial charge in [-0.3, -0.25) is 0 Å². The molecule has 4 heteroatoms. The van der Waals surface area contributed by atoms with Crippen LogP contribution in [0.2, 0.25) is 5.15 Å². The molecule has 0 aliphatic heterocycles. The van der Waals surface area contributed by atoms with Gasteiger partial charge in [-0.25, -0.2) is 4.98 Å². The molecular formula is C14H16ClNO2. The van der Waals surface area contributed by atoms with Crippen LogP contribution in [-0.2, 0) is 6.42 Å². The number of hydrogen-bond donors (Lipinski definition) is 0. The van der Waals surface area contributed by atoms with Gasteiger partial charge in [0.25, 0.3) is 0 Å². The quantitative estimate of drug-likeness (QED) is 0.787. The third-order valence-corrected chi connectivity index (χ3v) is 3.20. The zero-order chi connectivity index (χ0) is 13.1. The molecular weight excluding hydrogens is 250 g/mol. The van der Waals surface area contributed by atoms with Crippen molar-refractivity contribution in [3.8, 4) is 11.5 Å². The Hall–Kier alpha value is -1.48. The lowest BCUT2D eigenvalue weighted by Gasteiger charge is -2.10. The summed E-state index contributed by atoms with van der Waals surface area (Å²) in [5.74, 6) is 1.47. The number of fused-ring (bicyclic) bond motifs is 1. The van der Waals surface area contributed by atoms with Crippen molar-refractivity contribution in [1.82, 2.24) is 4.98 Å². The number of ether oxygens (including phenoxy) is 2. The minimum atomic E-state index is 0.555. The maximum absolute atomic E-state index is 6.18. The van der Waals surface area contributed by atoms with E-state index in [0.29, 0.717) is 10.9 Å². The van der Waals surface area contributed by atoms with E-state index in [4.69, 9.17) is 21.1 Å². The molecule has 0 aliphatic carbocycles. The van der Waals surface area contributed by atoms with Crippen LogP contribution in [0, 0.1) is 0 Å². The number of hydrogen-bond acceptors (Lipinski definition) is 3. The molecule has 0 fully saturated rings. The van der Waals surface area contributed by atoms with Crippen molar-refractivity contribution in [3.05, 3.63) is 28.9 Å². The van der Waals surface area contributed by atoms with Crippen LogP contribution < -0.4 is 9.47 Å². The van der Waals surface area contributed by atoms with E-state index < -0.39 is 0 Å². The van der Waals surface area contributed by atoms with Gasteiger partial charge in [-0.2, -0.15) is 0 Å². The van der Waals surface area contributed by atoms with Crippen LogP contribution in [0.15, 0.2) is 18.2 Å². The van der Waals surface area contributed by atoms with E-state index >= 15 is 0 Å². The van der Waals surface area contributed by atoms with Crippen molar-refractivity contribution in [2.45, 2.75) is 19.8 Å². The van der Waals surface area contributed by atoms with Crippen LogP contribution in [0.3, 0.4) is 0 Å². The predicted octanol–water partition coefficient (Wildman–Crippen LogP) is 3.86. The molecule has 1 aromatic heterocycles. The van der Waals surface area contributed by atoms with Gasteiger partial charge in [0.15, 0.2) is 0 Å². The second-order valence-corrected chi connectivity index (χ2v) is 4.44. The largest absolute Gasteiger partial charge is 0.497 e. The van der Waals surface area contributed by atoms with Crippen LogP contribution in [0.5, 0.6) is 11.5 Å². The minimum Gasteiger partial charge on any atom is -0.497 e. The molecule has 0 amide bonds. The first kappa shape index (κ1) is 13.0. The summed E-state index contributed by atoms with van der Waals surface area (Å²) >= 11 is 6.18. The van der Waals surface area contributed by atoms with E-state index in [-0.39, 0.29) is 0 Å². The Morgan fingerprint density at radius 1 is 1.17 bits per heavy atom. The van der Waals surface area contributed by atoms with Crippen molar-refractivity contribution in [2.24, 2.45) is 0 Å². The Morgan fingerprint density at radius 3 is 2.56 bits per heavy atom. The molecule has 0 aliphatic rings. The smallest absolute Gasteiger partial charge is 0.132 e. The summed E-state index contributed by atoms with van der Waals surface area (Å²) in [6.07, 6.45) is 1.95. The highest BCUT2D eigenvalue weighted by molar-refractivity contribution is 6.30. The lowest BCUT2D eigenvalue weighted by molar-refractivity contribution is 0.398. The van der Waals surface area contributed by atoms with Crippen molar-refractivity contribution in [3.63, 3.8) is 0 Å². The van der Waals surface area contributed by atoms with E-state index in [1.807, 2.05) is 18.2 Å². The molecule has 0 N–H and O–H groups in total. The number of rotatable bonds is 4. The molecule has 0 unspecified atom stereocenters. The summed E-state index contributed by atoms with van der Waals surface area (Å²) < 4.78 is 10.6. The van der Waals surface area contributed by atoms with Gasteiger partial charge >= 0.3 is 0 Å². The van der Waals surface area contributed by atoms with Crippen LogP contribution in [0.25, 0.3) is 10.9 Å². The van der Waals surface area contributed by atoms with Gasteiger partial charge in [0, 0.05) is 17.5 Å². The summed E-state index contributed by atoms with van der Waals surface area (Å²) in [5, 5.41) is 1.52. The molecule has 18 heavy (non-hydrogen) atoms. The average molecular weight is 266 g/mol. The van der Waals surface area contributed by atoms with Gasteiger partial charge in [-0.1, -0.05) is 24.9 Å². The number of nitrogens with zero attached hydrogens (tertiary/aromatic N) is 1. The topological polar surface area (TPSA) is 31.4 Å². The number of aryl methyl sites for hydroxylation is 1. The summed E-state index contributed by atoms with van der Waals surface area (Å²) in [6.45, 7) is 2.12. The Kier molecular flexibility index (Phi) is 3.92. The molecule has 2 aromatic rings. The van der Waals surface area contributed by atoms with Gasteiger partial charge in [-0.15, -0.1) is 0 Å². The van der Waals surface area contributed by atoms with Gasteiger partial charge in [0.05, 0.1) is 19.7 Å². The maximum Gasteiger partial charge on any atom is 0.132 e. The summed E-state index contributed by atoms with van der Waals surface area (Å²) in [6, 6.07) is 5.76. The van der Waals surface area contributed by atoms with Crippen LogP contribution >= 0.6 is 11.6 Å². The zero-order valence-electron chi connectivity index (χ0n) is 10.8. The first-order valence-corrected chi connectivity index (χ1v) is 6.28. The Labute approximate surface area is 112 Å². The molecule has 2 rings (SSSR count). The van der Waals surface area contributed by atoms with Crippen molar-refractivity contribution < 1.29 is 9.47 Å². The second kappa shape index (κ2) is 5.44. The zero-order valence-corrected chi connectivity index (χ0v) is 11.5. The average Bonchev–Trinajstić information content (AvgIpc) is 2.38. The highest BCUT2D eigenvalue weighted by Crippen LogP contribution is 2.32. The molecule has 3 nitrogen and oxygen atoms in total. The maximum atomic E-state index is 6.18. The van der Waals surface area contributed by atoms with E-state index in [1.165, 1.54) is 0 Å². The predicted molar refractivity (Wildman–Crippen MR) is 73.9 cm³/mol. The van der Waals surface area contributed by atoms with Crippen LogP contribution in [0.4, 0.5) is 0 Å². The Balaban J connectivity index is 2.67. The SMILES string of the molecule is CCCc1cc2c(OC)cc(OC)cc2nc1Cl. The highest BCUT2D eigenvalue weighted by atomic mass is 35.5. The number of methoxy groups -OCH3 is 2. The van der Waals surface area contributed by atoms with Crippen molar-refractivity contribution in [2.75, 3.05) is 14.2 Å². The second-order valence-electron chi connectivity index (χ2n) is 4.08. The van der Waals surface area contributed by atoms with E-state index in [0.717, 1.165) is 35.1 Å². The Bertz CT molecular complexity index is 569. The molecule has 0 spiro atoms. The lowest BCUT2D eigenvalue weighted by atomic mass is 10.1. The van der Waals surface area contributed by atoms with Crippen LogP contribution in [0.1, 0.15) is 18.9 Å². The standard InChI is InChI=1S/C14H16ClNO2/c1-4-5-9-6-11-12(16-14(9)15)7-10(17-2)8-13(11)18-3/h6-8H,4-5H2,1-3H3. The minimum absolute atomic E-state index is 0.555. The summed E-state index contributed by atoms with van der Waals surface area (Å²) in [7, 11) is 3.26. The number of benzene rings is 1. The van der Waals surface area contributed by atoms with Gasteiger partial charge in [0.1, 0.15) is 16.7 Å². The normalized spacial score (nSPS) is 10.7. The molecule has 96 valence electrons. The molecule has 1 aromatic carbocycles. The fourth-order valence-electron chi connectivity index (χ4n) is 1.97. The van der Waals surface area contributed by atoms with Gasteiger partial charge in [-0.05, 0) is 18.1 Å². The van der Waals surface area contributed by atoms with E-state index in [2.05, 4.69) is 11.9 Å². The molecule has 0 bridgehead atoms. The molecule has 0 saturated heterocycles. The van der Waals surface area contributed by atoms with E-state index in [1.54, 1.807) is 14.2 Å². The van der Waals surface area contributed by atoms with Crippen LogP contribution in [-0.4, -0.2) is 19.2 Å². The summed E-state index contributed by atoms with van der Waals surface area (Å²) in [5.41, 5.74) is 1.84. The fraction of sp³-hybridized carbons (Fsp3) is 0.357. The number of aromatic nitrogens is 1. The molecule has 0 atom stereocenters. The van der Waals surface area contributed by atoms with E-state index in [9.17, 15) is 0 Å². The molecule has 1 heterocycles. The molecule has 0 radical (unpaired) electrons. The first-order valence-electron chi connectivity index (χ1n) is 5.90.